The zero-order valence-electron chi connectivity index (χ0n) is 7.44. The number of hydrogen-bond donors (Lipinski definition) is 0. The molecule has 1 heteroatoms. The lowest BCUT2D eigenvalue weighted by molar-refractivity contribution is 0.0630. The molecule has 0 aromatic rings. The fourth-order valence-electron chi connectivity index (χ4n) is 0.553. The van der Waals surface area contributed by atoms with E-state index < -0.39 is 0 Å². The maximum Gasteiger partial charge on any atom is 0.0517 e. The highest BCUT2D eigenvalue weighted by molar-refractivity contribution is 4.64. The van der Waals surface area contributed by atoms with Crippen LogP contribution in [0, 0.1) is 12.3 Å². The third kappa shape index (κ3) is 4.80. The summed E-state index contributed by atoms with van der Waals surface area (Å²) in [6, 6.07) is 0. The lowest BCUT2D eigenvalue weighted by Gasteiger charge is -2.21. The van der Waals surface area contributed by atoms with Gasteiger partial charge in [-0.05, 0) is 18.3 Å². The summed E-state index contributed by atoms with van der Waals surface area (Å²) < 4.78 is 5.38. The first-order valence-corrected chi connectivity index (χ1v) is 3.99. The molecule has 0 aliphatic heterocycles. The van der Waals surface area contributed by atoms with Crippen molar-refractivity contribution in [3.05, 3.63) is 6.92 Å². The van der Waals surface area contributed by atoms with Gasteiger partial charge in [0.1, 0.15) is 0 Å². The number of hydrogen-bond acceptors (Lipinski definition) is 1. The summed E-state index contributed by atoms with van der Waals surface area (Å²) in [5.41, 5.74) is 0.342. The Labute approximate surface area is 64.8 Å². The molecule has 0 N–H and O–H groups in total. The Balaban J connectivity index is 3.28. The third-order valence-corrected chi connectivity index (χ3v) is 1.74. The molecule has 0 amide bonds. The van der Waals surface area contributed by atoms with E-state index >= 15 is 0 Å². The minimum Gasteiger partial charge on any atom is -0.381 e. The predicted molar refractivity (Wildman–Crippen MR) is 44.9 cm³/mol. The molecule has 0 saturated carbocycles. The molecule has 0 aromatic carbocycles. The van der Waals surface area contributed by atoms with E-state index in [1.807, 2.05) is 0 Å². The molecule has 0 aromatic heterocycles. The van der Waals surface area contributed by atoms with Crippen LogP contribution in [0.5, 0.6) is 0 Å². The van der Waals surface area contributed by atoms with Crippen LogP contribution in [0.3, 0.4) is 0 Å². The molecule has 0 rings (SSSR count). The third-order valence-electron chi connectivity index (χ3n) is 1.74. The Kier molecular flexibility index (Phi) is 4.71. The standard InChI is InChI=1S/C9H19O/c1-5-7-10-8-9(3,4)6-2/h1,5-8H2,2-4H3. The van der Waals surface area contributed by atoms with Gasteiger partial charge in [0.05, 0.1) is 6.61 Å². The monoisotopic (exact) mass is 143 g/mol. The van der Waals surface area contributed by atoms with Gasteiger partial charge < -0.3 is 4.74 Å². The summed E-state index contributed by atoms with van der Waals surface area (Å²) >= 11 is 0. The number of rotatable bonds is 5. The highest BCUT2D eigenvalue weighted by Gasteiger charge is 2.14. The first-order chi connectivity index (χ1) is 4.62. The second-order valence-electron chi connectivity index (χ2n) is 3.42. The zero-order chi connectivity index (χ0) is 8.04. The summed E-state index contributed by atoms with van der Waals surface area (Å²) in [5.74, 6) is 0. The summed E-state index contributed by atoms with van der Waals surface area (Å²) in [5, 5.41) is 0. The average Bonchev–Trinajstić information content (AvgIpc) is 1.89. The normalized spacial score (nSPS) is 12.0. The van der Waals surface area contributed by atoms with E-state index in [-0.39, 0.29) is 0 Å². The molecule has 0 spiro atoms. The molecule has 0 aliphatic rings. The van der Waals surface area contributed by atoms with Crippen molar-refractivity contribution in [2.24, 2.45) is 5.41 Å². The van der Waals surface area contributed by atoms with Crippen LogP contribution >= 0.6 is 0 Å². The van der Waals surface area contributed by atoms with Crippen molar-refractivity contribution in [2.75, 3.05) is 13.2 Å². The smallest absolute Gasteiger partial charge is 0.0517 e. The lowest BCUT2D eigenvalue weighted by Crippen LogP contribution is -2.18. The van der Waals surface area contributed by atoms with Gasteiger partial charge >= 0.3 is 0 Å². The maximum atomic E-state index is 5.38. The Morgan fingerprint density at radius 3 is 2.40 bits per heavy atom. The van der Waals surface area contributed by atoms with Crippen LogP contribution in [0.25, 0.3) is 0 Å². The fraction of sp³-hybridized carbons (Fsp3) is 0.889. The maximum absolute atomic E-state index is 5.38. The fourth-order valence-corrected chi connectivity index (χ4v) is 0.553. The molecule has 0 unspecified atom stereocenters. The van der Waals surface area contributed by atoms with Crippen molar-refractivity contribution in [2.45, 2.75) is 33.6 Å². The Hall–Kier alpha value is -0.0400. The Morgan fingerprint density at radius 2 is 2.00 bits per heavy atom. The number of ether oxygens (including phenoxy) is 1. The quantitative estimate of drug-likeness (QED) is 0.538. The van der Waals surface area contributed by atoms with E-state index in [1.54, 1.807) is 0 Å². The Bertz CT molecular complexity index is 76.8. The van der Waals surface area contributed by atoms with Crippen LogP contribution in [-0.2, 0) is 4.74 Å². The molecule has 0 fully saturated rings. The predicted octanol–water partition coefficient (Wildman–Crippen LogP) is 2.66. The lowest BCUT2D eigenvalue weighted by atomic mass is 9.92. The zero-order valence-corrected chi connectivity index (χ0v) is 7.44. The van der Waals surface area contributed by atoms with E-state index in [9.17, 15) is 0 Å². The highest BCUT2D eigenvalue weighted by atomic mass is 16.5. The molecule has 0 atom stereocenters. The van der Waals surface area contributed by atoms with Crippen LogP contribution in [0.2, 0.25) is 0 Å². The average molecular weight is 143 g/mol. The molecule has 0 saturated heterocycles. The first kappa shape index (κ1) is 9.96. The van der Waals surface area contributed by atoms with Crippen molar-refractivity contribution >= 4 is 0 Å². The second kappa shape index (κ2) is 4.73. The Morgan fingerprint density at radius 1 is 1.40 bits per heavy atom. The van der Waals surface area contributed by atoms with E-state index in [0.717, 1.165) is 19.6 Å². The summed E-state index contributed by atoms with van der Waals surface area (Å²) in [6.45, 7) is 12.0. The molecule has 0 heterocycles. The van der Waals surface area contributed by atoms with Crippen LogP contribution < -0.4 is 0 Å². The van der Waals surface area contributed by atoms with Crippen LogP contribution in [-0.4, -0.2) is 13.2 Å². The topological polar surface area (TPSA) is 9.23 Å². The molecule has 1 radical (unpaired) electrons. The molecule has 10 heavy (non-hydrogen) atoms. The van der Waals surface area contributed by atoms with Gasteiger partial charge in [-0.1, -0.05) is 27.7 Å². The van der Waals surface area contributed by atoms with Crippen molar-refractivity contribution in [3.63, 3.8) is 0 Å². The summed E-state index contributed by atoms with van der Waals surface area (Å²) in [6.07, 6.45) is 2.05. The minimum absolute atomic E-state index is 0.342. The van der Waals surface area contributed by atoms with Gasteiger partial charge in [0.25, 0.3) is 0 Å². The van der Waals surface area contributed by atoms with E-state index in [2.05, 4.69) is 27.7 Å². The van der Waals surface area contributed by atoms with E-state index in [1.165, 1.54) is 6.42 Å². The van der Waals surface area contributed by atoms with Gasteiger partial charge in [-0.25, -0.2) is 0 Å². The highest BCUT2D eigenvalue weighted by Crippen LogP contribution is 2.19. The van der Waals surface area contributed by atoms with Crippen molar-refractivity contribution < 1.29 is 4.74 Å². The molecule has 0 bridgehead atoms. The minimum atomic E-state index is 0.342. The van der Waals surface area contributed by atoms with Crippen LogP contribution in [0.1, 0.15) is 33.6 Å². The van der Waals surface area contributed by atoms with Crippen molar-refractivity contribution in [1.82, 2.24) is 0 Å². The van der Waals surface area contributed by atoms with Gasteiger partial charge in [0.15, 0.2) is 0 Å². The first-order valence-electron chi connectivity index (χ1n) is 3.99. The molecule has 0 aliphatic carbocycles. The largest absolute Gasteiger partial charge is 0.381 e. The van der Waals surface area contributed by atoms with Gasteiger partial charge in [-0.3, -0.25) is 0 Å². The van der Waals surface area contributed by atoms with Crippen molar-refractivity contribution in [3.8, 4) is 0 Å². The van der Waals surface area contributed by atoms with E-state index in [0.29, 0.717) is 5.41 Å². The summed E-state index contributed by atoms with van der Waals surface area (Å²) in [4.78, 5) is 0. The van der Waals surface area contributed by atoms with Crippen molar-refractivity contribution in [1.29, 1.82) is 0 Å². The molecule has 61 valence electrons. The second-order valence-corrected chi connectivity index (χ2v) is 3.42. The van der Waals surface area contributed by atoms with Gasteiger partial charge in [0.2, 0.25) is 0 Å². The van der Waals surface area contributed by atoms with Crippen LogP contribution in [0.15, 0.2) is 0 Å². The SMILES string of the molecule is [CH2]CCOCC(C)(C)CC. The van der Waals surface area contributed by atoms with Gasteiger partial charge in [0, 0.05) is 6.61 Å². The van der Waals surface area contributed by atoms with E-state index in [4.69, 9.17) is 4.74 Å². The van der Waals surface area contributed by atoms with Gasteiger partial charge in [-0.2, -0.15) is 0 Å². The molecule has 1 nitrogen and oxygen atoms in total. The molecular formula is C9H19O. The summed E-state index contributed by atoms with van der Waals surface area (Å²) in [7, 11) is 0. The van der Waals surface area contributed by atoms with Gasteiger partial charge in [-0.15, -0.1) is 0 Å². The van der Waals surface area contributed by atoms with Crippen LogP contribution in [0.4, 0.5) is 0 Å². The molecular weight excluding hydrogens is 124 g/mol.